The maximum atomic E-state index is 12.3. The number of hydrogen-bond acceptors (Lipinski definition) is 6. The first kappa shape index (κ1) is 20.5. The monoisotopic (exact) mass is 426 g/mol. The van der Waals surface area contributed by atoms with E-state index in [1.165, 1.54) is 24.3 Å². The van der Waals surface area contributed by atoms with Gasteiger partial charge in [-0.3, -0.25) is 15.4 Å². The first-order chi connectivity index (χ1) is 15.6. The summed E-state index contributed by atoms with van der Waals surface area (Å²) < 4.78 is 0. The van der Waals surface area contributed by atoms with Crippen molar-refractivity contribution in [3.05, 3.63) is 101 Å². The molecular weight excluding hydrogens is 408 g/mol. The highest BCUT2D eigenvalue weighted by atomic mass is 16.6. The van der Waals surface area contributed by atoms with Gasteiger partial charge in [0.1, 0.15) is 11.6 Å². The van der Waals surface area contributed by atoms with Gasteiger partial charge in [-0.2, -0.15) is 0 Å². The molecule has 9 nitrogen and oxygen atoms in total. The Balaban J connectivity index is 1.44. The lowest BCUT2D eigenvalue weighted by Crippen LogP contribution is -2.20. The van der Waals surface area contributed by atoms with Crippen LogP contribution in [0.5, 0.6) is 0 Å². The van der Waals surface area contributed by atoms with Crippen molar-refractivity contribution in [1.29, 1.82) is 0 Å². The van der Waals surface area contributed by atoms with Gasteiger partial charge in [-0.1, -0.05) is 18.2 Å². The van der Waals surface area contributed by atoms with Crippen molar-refractivity contribution in [2.45, 2.75) is 0 Å². The third-order valence-electron chi connectivity index (χ3n) is 4.48. The van der Waals surface area contributed by atoms with Gasteiger partial charge in [0.15, 0.2) is 0 Å². The lowest BCUT2D eigenvalue weighted by Gasteiger charge is -2.10. The van der Waals surface area contributed by atoms with Crippen molar-refractivity contribution in [2.24, 2.45) is 0 Å². The van der Waals surface area contributed by atoms with Crippen LogP contribution < -0.4 is 16.0 Å². The molecule has 0 aliphatic heterocycles. The van der Waals surface area contributed by atoms with Crippen molar-refractivity contribution in [1.82, 2.24) is 9.97 Å². The fourth-order valence-corrected chi connectivity index (χ4v) is 2.97. The van der Waals surface area contributed by atoms with Gasteiger partial charge in [0.2, 0.25) is 0 Å². The Kier molecular flexibility index (Phi) is 5.98. The van der Waals surface area contributed by atoms with E-state index in [2.05, 4.69) is 25.9 Å². The van der Waals surface area contributed by atoms with Crippen molar-refractivity contribution in [2.75, 3.05) is 16.0 Å². The van der Waals surface area contributed by atoms with Gasteiger partial charge in [0.05, 0.1) is 4.92 Å². The maximum absolute atomic E-state index is 12.3. The molecule has 158 valence electrons. The third kappa shape index (κ3) is 5.22. The van der Waals surface area contributed by atoms with Gasteiger partial charge in [0, 0.05) is 35.9 Å². The minimum atomic E-state index is -0.510. The molecule has 3 N–H and O–H groups in total. The number of nitrogens with one attached hydrogen (secondary N) is 3. The number of urea groups is 1. The molecule has 4 aromatic rings. The predicted molar refractivity (Wildman–Crippen MR) is 123 cm³/mol. The summed E-state index contributed by atoms with van der Waals surface area (Å²) in [5.41, 5.74) is 3.06. The molecule has 2 aromatic heterocycles. The number of aromatic nitrogens is 2. The fourth-order valence-electron chi connectivity index (χ4n) is 2.97. The highest BCUT2D eigenvalue weighted by Crippen LogP contribution is 2.24. The van der Waals surface area contributed by atoms with E-state index < -0.39 is 11.0 Å². The van der Waals surface area contributed by atoms with Crippen LogP contribution in [0.4, 0.5) is 33.5 Å². The summed E-state index contributed by atoms with van der Waals surface area (Å²) >= 11 is 0. The molecule has 0 atom stereocenters. The van der Waals surface area contributed by atoms with E-state index in [9.17, 15) is 14.9 Å². The third-order valence-corrected chi connectivity index (χ3v) is 4.48. The molecule has 0 aliphatic carbocycles. The molecule has 0 aliphatic rings. The molecule has 0 unspecified atom stereocenters. The smallest absolute Gasteiger partial charge is 0.324 e. The fraction of sp³-hybridized carbons (Fsp3) is 0. The molecule has 32 heavy (non-hydrogen) atoms. The summed E-state index contributed by atoms with van der Waals surface area (Å²) in [6.45, 7) is 0. The number of carbonyl (C=O) groups is 1. The van der Waals surface area contributed by atoms with Crippen LogP contribution in [-0.4, -0.2) is 20.9 Å². The average molecular weight is 426 g/mol. The SMILES string of the molecule is O=C(Nc1ccc([N+](=O)[O-])cc1)Nc1cc(-c2ccnc(Nc3ccccc3)c2)ccn1. The largest absolute Gasteiger partial charge is 0.340 e. The average Bonchev–Trinajstić information content (AvgIpc) is 2.80. The predicted octanol–water partition coefficient (Wildman–Crippen LogP) is 5.44. The van der Waals surface area contributed by atoms with Gasteiger partial charge in [-0.25, -0.2) is 14.8 Å². The van der Waals surface area contributed by atoms with Crippen LogP contribution in [0, 0.1) is 10.1 Å². The highest BCUT2D eigenvalue weighted by molar-refractivity contribution is 5.99. The van der Waals surface area contributed by atoms with Crippen LogP contribution in [0.3, 0.4) is 0 Å². The van der Waals surface area contributed by atoms with Gasteiger partial charge in [-0.15, -0.1) is 0 Å². The normalized spacial score (nSPS) is 10.2. The number of hydrogen-bond donors (Lipinski definition) is 3. The molecule has 0 saturated heterocycles. The molecule has 9 heteroatoms. The van der Waals surface area contributed by atoms with Crippen LogP contribution in [0.25, 0.3) is 11.1 Å². The van der Waals surface area contributed by atoms with E-state index in [0.717, 1.165) is 16.8 Å². The molecule has 0 radical (unpaired) electrons. The summed E-state index contributed by atoms with van der Waals surface area (Å²) in [6.07, 6.45) is 3.30. The van der Waals surface area contributed by atoms with Crippen LogP contribution in [0.15, 0.2) is 91.3 Å². The van der Waals surface area contributed by atoms with Crippen molar-refractivity contribution in [3.63, 3.8) is 0 Å². The lowest BCUT2D eigenvalue weighted by molar-refractivity contribution is -0.384. The molecule has 0 fully saturated rings. The number of carbonyl (C=O) groups excluding carboxylic acids is 1. The van der Waals surface area contributed by atoms with Crippen LogP contribution in [-0.2, 0) is 0 Å². The zero-order valence-corrected chi connectivity index (χ0v) is 16.7. The van der Waals surface area contributed by atoms with E-state index in [4.69, 9.17) is 0 Å². The quantitative estimate of drug-likeness (QED) is 0.279. The second kappa shape index (κ2) is 9.35. The number of nitro groups is 1. The minimum absolute atomic E-state index is 0.0520. The zero-order chi connectivity index (χ0) is 22.3. The van der Waals surface area contributed by atoms with Crippen LogP contribution >= 0.6 is 0 Å². The number of nitrogens with zero attached hydrogens (tertiary/aromatic N) is 3. The molecule has 2 aromatic carbocycles. The standard InChI is InChI=1S/C23H18N6O3/c30-23(27-19-6-8-20(9-7-19)29(31)32)28-22-15-17(11-13-25-22)16-10-12-24-21(14-16)26-18-4-2-1-3-5-18/h1-15H,(H,24,26)(H2,25,27,28,30). The van der Waals surface area contributed by atoms with Crippen molar-refractivity contribution < 1.29 is 9.72 Å². The molecule has 2 heterocycles. The Hall–Kier alpha value is -4.79. The summed E-state index contributed by atoms with van der Waals surface area (Å²) in [5, 5.41) is 19.3. The van der Waals surface area contributed by atoms with Crippen molar-refractivity contribution in [3.8, 4) is 11.1 Å². The highest BCUT2D eigenvalue weighted by Gasteiger charge is 2.08. The van der Waals surface area contributed by atoms with Gasteiger partial charge in [-0.05, 0) is 59.7 Å². The second-order valence-corrected chi connectivity index (χ2v) is 6.73. The number of nitro benzene ring substituents is 1. The number of anilines is 4. The van der Waals surface area contributed by atoms with E-state index in [0.29, 0.717) is 17.3 Å². The van der Waals surface area contributed by atoms with E-state index >= 15 is 0 Å². The molecule has 0 spiro atoms. The molecule has 0 bridgehead atoms. The lowest BCUT2D eigenvalue weighted by atomic mass is 10.1. The summed E-state index contributed by atoms with van der Waals surface area (Å²) in [6, 6.07) is 22.1. The summed E-state index contributed by atoms with van der Waals surface area (Å²) in [7, 11) is 0. The van der Waals surface area contributed by atoms with Crippen LogP contribution in [0.1, 0.15) is 0 Å². The Morgan fingerprint density at radius 1 is 0.750 bits per heavy atom. The Labute approximate surface area is 183 Å². The number of pyridine rings is 2. The first-order valence-corrected chi connectivity index (χ1v) is 9.64. The van der Waals surface area contributed by atoms with Crippen molar-refractivity contribution >= 4 is 34.7 Å². The van der Waals surface area contributed by atoms with Gasteiger partial charge >= 0.3 is 6.03 Å². The Morgan fingerprint density at radius 2 is 1.38 bits per heavy atom. The second-order valence-electron chi connectivity index (χ2n) is 6.73. The minimum Gasteiger partial charge on any atom is -0.340 e. The first-order valence-electron chi connectivity index (χ1n) is 9.64. The molecule has 2 amide bonds. The Bertz CT molecular complexity index is 1250. The summed E-state index contributed by atoms with van der Waals surface area (Å²) in [4.78, 5) is 31.0. The number of rotatable bonds is 6. The maximum Gasteiger partial charge on any atom is 0.324 e. The van der Waals surface area contributed by atoms with E-state index in [1.807, 2.05) is 48.5 Å². The molecule has 0 saturated carbocycles. The number of benzene rings is 2. The number of para-hydroxylation sites is 1. The molecular formula is C23H18N6O3. The topological polar surface area (TPSA) is 122 Å². The number of amides is 2. The summed E-state index contributed by atoms with van der Waals surface area (Å²) in [5.74, 6) is 1.05. The molecule has 4 rings (SSSR count). The Morgan fingerprint density at radius 3 is 2.03 bits per heavy atom. The van der Waals surface area contributed by atoms with Gasteiger partial charge in [0.25, 0.3) is 5.69 Å². The van der Waals surface area contributed by atoms with E-state index in [1.54, 1.807) is 18.5 Å². The van der Waals surface area contributed by atoms with E-state index in [-0.39, 0.29) is 5.69 Å². The number of non-ortho nitro benzene ring substituents is 1. The zero-order valence-electron chi connectivity index (χ0n) is 16.7. The van der Waals surface area contributed by atoms with Gasteiger partial charge < -0.3 is 10.6 Å². The van der Waals surface area contributed by atoms with Crippen LogP contribution in [0.2, 0.25) is 0 Å².